The monoisotopic (exact) mass is 363 g/mol. The highest BCUT2D eigenvalue weighted by molar-refractivity contribution is 7.99. The molecule has 128 valence electrons. The average Bonchev–Trinajstić information content (AvgIpc) is 3.11. The summed E-state index contributed by atoms with van der Waals surface area (Å²) in [6.45, 7) is 4.94. The molecular weight excluding hydrogens is 342 g/mol. The molecule has 0 radical (unpaired) electrons. The molecule has 0 unspecified atom stereocenters. The molecule has 0 aliphatic carbocycles. The van der Waals surface area contributed by atoms with Crippen LogP contribution in [0.5, 0.6) is 0 Å². The van der Waals surface area contributed by atoms with Crippen molar-refractivity contribution in [1.29, 1.82) is 0 Å². The van der Waals surface area contributed by atoms with E-state index in [1.807, 2.05) is 31.3 Å². The van der Waals surface area contributed by atoms with E-state index in [9.17, 15) is 4.79 Å². The van der Waals surface area contributed by atoms with E-state index in [0.29, 0.717) is 19.8 Å². The molecule has 0 saturated carbocycles. The molecule has 5 nitrogen and oxygen atoms in total. The number of nitrogens with one attached hydrogen (secondary N) is 1. The van der Waals surface area contributed by atoms with Crippen molar-refractivity contribution in [2.24, 2.45) is 0 Å². The zero-order valence-electron chi connectivity index (χ0n) is 13.7. The molecule has 0 aromatic carbocycles. The molecule has 7 heteroatoms. The number of hydrogen-bond acceptors (Lipinski definition) is 6. The van der Waals surface area contributed by atoms with Crippen molar-refractivity contribution in [3.05, 3.63) is 35.3 Å². The predicted molar refractivity (Wildman–Crippen MR) is 99.7 cm³/mol. The minimum Gasteiger partial charge on any atom is -0.382 e. The summed E-state index contributed by atoms with van der Waals surface area (Å²) in [6.07, 6.45) is 2.66. The molecule has 2 aromatic heterocycles. The Morgan fingerprint density at radius 3 is 3.21 bits per heavy atom. The van der Waals surface area contributed by atoms with E-state index in [1.54, 1.807) is 11.8 Å². The first-order chi connectivity index (χ1) is 11.8. The number of ether oxygens (including phenoxy) is 1. The number of thiophene rings is 1. The summed E-state index contributed by atoms with van der Waals surface area (Å²) in [7, 11) is 0. The molecule has 1 amide bonds. The SMILES string of the molecule is CCOCCCNC(=O)c1ccc(N2CCSc3ncccc32)s1. The van der Waals surface area contributed by atoms with Crippen molar-refractivity contribution in [2.75, 3.05) is 37.0 Å². The van der Waals surface area contributed by atoms with Crippen LogP contribution in [0.2, 0.25) is 0 Å². The molecule has 0 spiro atoms. The molecule has 0 bridgehead atoms. The van der Waals surface area contributed by atoms with Crippen LogP contribution in [0.15, 0.2) is 35.5 Å². The van der Waals surface area contributed by atoms with Gasteiger partial charge in [0.05, 0.1) is 15.6 Å². The minimum absolute atomic E-state index is 0.0134. The summed E-state index contributed by atoms with van der Waals surface area (Å²) in [5.41, 5.74) is 1.12. The number of carbonyl (C=O) groups is 1. The number of anilines is 2. The number of carbonyl (C=O) groups excluding carboxylic acids is 1. The molecule has 2 aromatic rings. The third-order valence-electron chi connectivity index (χ3n) is 3.63. The first-order valence-corrected chi connectivity index (χ1v) is 9.91. The predicted octanol–water partition coefficient (Wildman–Crippen LogP) is 3.54. The summed E-state index contributed by atoms with van der Waals surface area (Å²) in [5.74, 6) is 0.987. The first-order valence-electron chi connectivity index (χ1n) is 8.10. The molecule has 1 N–H and O–H groups in total. The van der Waals surface area contributed by atoms with Gasteiger partial charge in [-0.2, -0.15) is 0 Å². The molecule has 0 atom stereocenters. The second kappa shape index (κ2) is 8.50. The normalized spacial score (nSPS) is 13.6. The molecular formula is C17H21N3O2S2. The van der Waals surface area contributed by atoms with Gasteiger partial charge >= 0.3 is 0 Å². The quantitative estimate of drug-likeness (QED) is 0.763. The topological polar surface area (TPSA) is 54.5 Å². The van der Waals surface area contributed by atoms with Gasteiger partial charge in [0, 0.05) is 38.3 Å². The molecule has 3 rings (SSSR count). The molecule has 1 aliphatic rings. The highest BCUT2D eigenvalue weighted by Gasteiger charge is 2.21. The van der Waals surface area contributed by atoms with Crippen LogP contribution in [0.3, 0.4) is 0 Å². The van der Waals surface area contributed by atoms with Crippen molar-refractivity contribution < 1.29 is 9.53 Å². The summed E-state index contributed by atoms with van der Waals surface area (Å²) in [4.78, 5) is 19.7. The third-order valence-corrected chi connectivity index (χ3v) is 5.71. The maximum absolute atomic E-state index is 12.2. The van der Waals surface area contributed by atoms with Crippen molar-refractivity contribution in [2.45, 2.75) is 18.4 Å². The minimum atomic E-state index is -0.0134. The standard InChI is InChI=1S/C17H21N3O2S2/c1-2-22-11-4-9-18-16(21)14-6-7-15(24-14)20-10-12-23-17-13(20)5-3-8-19-17/h3,5-8H,2,4,9-12H2,1H3,(H,18,21). The van der Waals surface area contributed by atoms with Gasteiger partial charge in [-0.15, -0.1) is 23.1 Å². The lowest BCUT2D eigenvalue weighted by molar-refractivity contribution is 0.0948. The van der Waals surface area contributed by atoms with Gasteiger partial charge in [0.1, 0.15) is 5.03 Å². The Hall–Kier alpha value is -1.57. The average molecular weight is 364 g/mol. The fraction of sp³-hybridized carbons (Fsp3) is 0.412. The number of rotatable bonds is 7. The van der Waals surface area contributed by atoms with E-state index in [0.717, 1.165) is 39.3 Å². The largest absolute Gasteiger partial charge is 0.382 e. The third kappa shape index (κ3) is 4.09. The molecule has 0 fully saturated rings. The summed E-state index contributed by atoms with van der Waals surface area (Å²) < 4.78 is 5.27. The van der Waals surface area contributed by atoms with Crippen LogP contribution in [-0.2, 0) is 4.74 Å². The zero-order chi connectivity index (χ0) is 16.8. The fourth-order valence-electron chi connectivity index (χ4n) is 2.48. The molecule has 1 aliphatic heterocycles. The van der Waals surface area contributed by atoms with Gasteiger partial charge in [0.15, 0.2) is 0 Å². The number of aromatic nitrogens is 1. The van der Waals surface area contributed by atoms with Crippen LogP contribution in [0, 0.1) is 0 Å². The summed E-state index contributed by atoms with van der Waals surface area (Å²) in [5, 5.41) is 5.09. The van der Waals surface area contributed by atoms with Gasteiger partial charge in [-0.05, 0) is 37.6 Å². The number of amides is 1. The fourth-order valence-corrected chi connectivity index (χ4v) is 4.38. The molecule has 24 heavy (non-hydrogen) atoms. The Morgan fingerprint density at radius 2 is 2.33 bits per heavy atom. The molecule has 3 heterocycles. The number of pyridine rings is 1. The van der Waals surface area contributed by atoms with E-state index < -0.39 is 0 Å². The zero-order valence-corrected chi connectivity index (χ0v) is 15.3. The second-order valence-electron chi connectivity index (χ2n) is 5.27. The first kappa shape index (κ1) is 17.3. The van der Waals surface area contributed by atoms with Crippen molar-refractivity contribution >= 4 is 39.7 Å². The molecule has 0 saturated heterocycles. The van der Waals surface area contributed by atoms with Crippen LogP contribution < -0.4 is 10.2 Å². The van der Waals surface area contributed by atoms with Crippen LogP contribution in [0.25, 0.3) is 0 Å². The van der Waals surface area contributed by atoms with Crippen molar-refractivity contribution in [3.63, 3.8) is 0 Å². The van der Waals surface area contributed by atoms with Crippen LogP contribution >= 0.6 is 23.1 Å². The van der Waals surface area contributed by atoms with Crippen molar-refractivity contribution in [1.82, 2.24) is 10.3 Å². The van der Waals surface area contributed by atoms with Gasteiger partial charge in [-0.25, -0.2) is 4.98 Å². The number of fused-ring (bicyclic) bond motifs is 1. The Labute approximate surface area is 150 Å². The lowest BCUT2D eigenvalue weighted by atomic mass is 10.3. The van der Waals surface area contributed by atoms with E-state index in [2.05, 4.69) is 21.3 Å². The van der Waals surface area contributed by atoms with Crippen LogP contribution in [0.4, 0.5) is 10.7 Å². The van der Waals surface area contributed by atoms with E-state index >= 15 is 0 Å². The Morgan fingerprint density at radius 1 is 1.42 bits per heavy atom. The second-order valence-corrected chi connectivity index (χ2v) is 7.42. The smallest absolute Gasteiger partial charge is 0.261 e. The maximum atomic E-state index is 12.2. The number of hydrogen-bond donors (Lipinski definition) is 1. The highest BCUT2D eigenvalue weighted by atomic mass is 32.2. The van der Waals surface area contributed by atoms with Gasteiger partial charge in [-0.1, -0.05) is 0 Å². The van der Waals surface area contributed by atoms with Crippen molar-refractivity contribution in [3.8, 4) is 0 Å². The maximum Gasteiger partial charge on any atom is 0.261 e. The lowest BCUT2D eigenvalue weighted by Crippen LogP contribution is -2.24. The Kier molecular flexibility index (Phi) is 6.12. The highest BCUT2D eigenvalue weighted by Crippen LogP contribution is 2.39. The Balaban J connectivity index is 1.63. The van der Waals surface area contributed by atoms with E-state index in [1.165, 1.54) is 11.3 Å². The van der Waals surface area contributed by atoms with Crippen LogP contribution in [-0.4, -0.2) is 42.9 Å². The van der Waals surface area contributed by atoms with Crippen LogP contribution in [0.1, 0.15) is 23.0 Å². The summed E-state index contributed by atoms with van der Waals surface area (Å²) in [6, 6.07) is 7.96. The van der Waals surface area contributed by atoms with Gasteiger partial charge in [0.2, 0.25) is 0 Å². The van der Waals surface area contributed by atoms with Gasteiger partial charge < -0.3 is 15.0 Å². The lowest BCUT2D eigenvalue weighted by Gasteiger charge is -2.28. The number of nitrogens with zero attached hydrogens (tertiary/aromatic N) is 2. The van der Waals surface area contributed by atoms with E-state index in [-0.39, 0.29) is 5.91 Å². The van der Waals surface area contributed by atoms with E-state index in [4.69, 9.17) is 4.74 Å². The van der Waals surface area contributed by atoms with Gasteiger partial charge in [-0.3, -0.25) is 4.79 Å². The number of thioether (sulfide) groups is 1. The summed E-state index contributed by atoms with van der Waals surface area (Å²) >= 11 is 3.30. The Bertz CT molecular complexity index is 690. The van der Waals surface area contributed by atoms with Gasteiger partial charge in [0.25, 0.3) is 5.91 Å².